The number of hydrogen-bond donors (Lipinski definition) is 2. The summed E-state index contributed by atoms with van der Waals surface area (Å²) in [5.74, 6) is 0.990. The van der Waals surface area contributed by atoms with Crippen molar-refractivity contribution < 1.29 is 0 Å². The second-order valence-electron chi connectivity index (χ2n) is 7.82. The molecule has 28 heavy (non-hydrogen) atoms. The first-order valence-electron chi connectivity index (χ1n) is 10.8. The van der Waals surface area contributed by atoms with Crippen molar-refractivity contribution in [2.24, 2.45) is 4.99 Å². The lowest BCUT2D eigenvalue weighted by molar-refractivity contribution is 0.206. The Hall–Kier alpha value is -0.860. The van der Waals surface area contributed by atoms with Crippen molar-refractivity contribution in [1.29, 1.82) is 0 Å². The topological polar surface area (TPSA) is 42.9 Å². The van der Waals surface area contributed by atoms with Gasteiger partial charge in [-0.2, -0.15) is 0 Å². The van der Waals surface area contributed by atoms with Crippen LogP contribution >= 0.6 is 24.0 Å². The molecule has 2 N–H and O–H groups in total. The molecule has 0 spiro atoms. The Kier molecular flexibility index (Phi) is 10.6. The maximum Gasteiger partial charge on any atom is 0.191 e. The van der Waals surface area contributed by atoms with Crippen molar-refractivity contribution in [3.05, 3.63) is 35.4 Å². The highest BCUT2D eigenvalue weighted by molar-refractivity contribution is 14.0. The number of aliphatic imine (C=N–C) groups is 1. The molecule has 1 aromatic rings. The maximum absolute atomic E-state index is 4.85. The number of rotatable bonds is 7. The molecule has 0 radical (unpaired) electrons. The van der Waals surface area contributed by atoms with Crippen molar-refractivity contribution >= 4 is 29.9 Å². The summed E-state index contributed by atoms with van der Waals surface area (Å²) in [6.07, 6.45) is 4.85. The van der Waals surface area contributed by atoms with E-state index < -0.39 is 0 Å². The summed E-state index contributed by atoms with van der Waals surface area (Å²) in [7, 11) is 0. The summed E-state index contributed by atoms with van der Waals surface area (Å²) in [5.41, 5.74) is 3.00. The predicted octanol–water partition coefficient (Wildman–Crippen LogP) is 3.09. The molecule has 1 fully saturated rings. The van der Waals surface area contributed by atoms with Gasteiger partial charge in [-0.15, -0.1) is 24.0 Å². The number of hydrogen-bond acceptors (Lipinski definition) is 3. The van der Waals surface area contributed by atoms with Gasteiger partial charge in [-0.3, -0.25) is 9.89 Å². The van der Waals surface area contributed by atoms with E-state index >= 15 is 0 Å². The molecule has 3 rings (SSSR count). The summed E-state index contributed by atoms with van der Waals surface area (Å²) in [6.45, 7) is 13.1. The average molecular weight is 499 g/mol. The van der Waals surface area contributed by atoms with E-state index in [1.54, 1.807) is 0 Å². The van der Waals surface area contributed by atoms with Crippen LogP contribution in [0.1, 0.15) is 44.2 Å². The lowest BCUT2D eigenvalue weighted by Crippen LogP contribution is -2.49. The van der Waals surface area contributed by atoms with E-state index in [1.165, 1.54) is 50.0 Å². The Morgan fingerprint density at radius 2 is 1.79 bits per heavy atom. The van der Waals surface area contributed by atoms with E-state index in [-0.39, 0.29) is 24.0 Å². The number of benzene rings is 1. The number of halogens is 1. The second-order valence-corrected chi connectivity index (χ2v) is 7.82. The smallest absolute Gasteiger partial charge is 0.191 e. The van der Waals surface area contributed by atoms with Crippen molar-refractivity contribution in [2.45, 2.75) is 52.1 Å². The zero-order chi connectivity index (χ0) is 18.9. The normalized spacial score (nSPS) is 19.0. The van der Waals surface area contributed by atoms with E-state index in [2.05, 4.69) is 58.5 Å². The summed E-state index contributed by atoms with van der Waals surface area (Å²) in [4.78, 5) is 9.96. The number of guanidine groups is 1. The van der Waals surface area contributed by atoms with Gasteiger partial charge < -0.3 is 15.5 Å². The molecule has 1 saturated heterocycles. The first-order valence-corrected chi connectivity index (χ1v) is 10.8. The Balaban J connectivity index is 0.00000280. The third-order valence-electron chi connectivity index (χ3n) is 5.71. The van der Waals surface area contributed by atoms with Gasteiger partial charge in [0, 0.05) is 45.3 Å². The first-order chi connectivity index (χ1) is 13.3. The van der Waals surface area contributed by atoms with Gasteiger partial charge in [-0.1, -0.05) is 31.2 Å². The highest BCUT2D eigenvalue weighted by Crippen LogP contribution is 2.18. The lowest BCUT2D eigenvalue weighted by Gasteiger charge is -2.33. The molecule has 0 amide bonds. The molecule has 2 aliphatic rings. The Morgan fingerprint density at radius 3 is 2.50 bits per heavy atom. The molecular weight excluding hydrogens is 461 g/mol. The van der Waals surface area contributed by atoms with Crippen molar-refractivity contribution in [3.63, 3.8) is 0 Å². The van der Waals surface area contributed by atoms with Crippen LogP contribution < -0.4 is 10.6 Å². The number of nitrogens with zero attached hydrogens (tertiary/aromatic N) is 3. The van der Waals surface area contributed by atoms with Gasteiger partial charge in [0.05, 0.1) is 6.54 Å². The van der Waals surface area contributed by atoms with Crippen LogP contribution in [-0.4, -0.2) is 67.6 Å². The summed E-state index contributed by atoms with van der Waals surface area (Å²) in [5, 5.41) is 7.09. The fourth-order valence-corrected chi connectivity index (χ4v) is 4.18. The molecule has 2 heterocycles. The lowest BCUT2D eigenvalue weighted by atomic mass is 10.00. The van der Waals surface area contributed by atoms with Crippen LogP contribution in [0.5, 0.6) is 0 Å². The number of fused-ring (bicyclic) bond motifs is 1. The largest absolute Gasteiger partial charge is 0.357 e. The van der Waals surface area contributed by atoms with Gasteiger partial charge in [0.15, 0.2) is 5.96 Å². The van der Waals surface area contributed by atoms with E-state index in [1.807, 2.05) is 0 Å². The van der Waals surface area contributed by atoms with Crippen LogP contribution in [0.2, 0.25) is 0 Å². The Labute approximate surface area is 188 Å². The van der Waals surface area contributed by atoms with Crippen molar-refractivity contribution in [1.82, 2.24) is 20.4 Å². The molecule has 0 aliphatic carbocycles. The van der Waals surface area contributed by atoms with E-state index in [0.717, 1.165) is 45.1 Å². The third kappa shape index (κ3) is 7.19. The highest BCUT2D eigenvalue weighted by atomic mass is 127. The van der Waals surface area contributed by atoms with Gasteiger partial charge in [0.1, 0.15) is 0 Å². The molecule has 0 saturated carbocycles. The standard InChI is InChI=1S/C22H37N5.HI/c1-3-13-26-15-10-21(11-16-26)25-22(23-4-2)24-12-17-27-14-9-19-7-5-6-8-20(19)18-27;/h5-8,21H,3-4,9-18H2,1-2H3,(H2,23,24,25);1H. The predicted molar refractivity (Wildman–Crippen MR) is 130 cm³/mol. The van der Waals surface area contributed by atoms with Crippen LogP contribution in [0.4, 0.5) is 0 Å². The molecule has 5 nitrogen and oxygen atoms in total. The number of piperidine rings is 1. The average Bonchev–Trinajstić information content (AvgIpc) is 2.70. The number of likely N-dealkylation sites (tertiary alicyclic amines) is 1. The van der Waals surface area contributed by atoms with E-state index in [4.69, 9.17) is 4.99 Å². The minimum Gasteiger partial charge on any atom is -0.357 e. The van der Waals surface area contributed by atoms with Gasteiger partial charge >= 0.3 is 0 Å². The molecule has 0 atom stereocenters. The molecule has 0 unspecified atom stereocenters. The Morgan fingerprint density at radius 1 is 1.04 bits per heavy atom. The fraction of sp³-hybridized carbons (Fsp3) is 0.682. The molecule has 0 bridgehead atoms. The van der Waals surface area contributed by atoms with Crippen molar-refractivity contribution in [3.8, 4) is 0 Å². The van der Waals surface area contributed by atoms with E-state index in [0.29, 0.717) is 6.04 Å². The highest BCUT2D eigenvalue weighted by Gasteiger charge is 2.19. The zero-order valence-corrected chi connectivity index (χ0v) is 20.0. The zero-order valence-electron chi connectivity index (χ0n) is 17.6. The summed E-state index contributed by atoms with van der Waals surface area (Å²) < 4.78 is 0. The van der Waals surface area contributed by atoms with Gasteiger partial charge in [0.2, 0.25) is 0 Å². The second kappa shape index (κ2) is 12.6. The van der Waals surface area contributed by atoms with Crippen LogP contribution in [-0.2, 0) is 13.0 Å². The quantitative estimate of drug-likeness (QED) is 0.344. The van der Waals surface area contributed by atoms with Gasteiger partial charge in [-0.25, -0.2) is 0 Å². The van der Waals surface area contributed by atoms with Gasteiger partial charge in [0.25, 0.3) is 0 Å². The van der Waals surface area contributed by atoms with Crippen molar-refractivity contribution in [2.75, 3.05) is 45.8 Å². The maximum atomic E-state index is 4.85. The fourth-order valence-electron chi connectivity index (χ4n) is 4.18. The summed E-state index contributed by atoms with van der Waals surface area (Å²) >= 11 is 0. The van der Waals surface area contributed by atoms with Gasteiger partial charge in [-0.05, 0) is 50.3 Å². The molecule has 2 aliphatic heterocycles. The SMILES string of the molecule is CCCN1CCC(NC(=NCCN2CCc3ccccc3C2)NCC)CC1.I. The monoisotopic (exact) mass is 499 g/mol. The van der Waals surface area contributed by atoms with Crippen LogP contribution in [0.3, 0.4) is 0 Å². The molecular formula is C22H38IN5. The Bertz CT molecular complexity index is 598. The van der Waals surface area contributed by atoms with Crippen LogP contribution in [0, 0.1) is 0 Å². The molecule has 6 heteroatoms. The first kappa shape index (κ1) is 23.4. The minimum absolute atomic E-state index is 0. The number of nitrogens with one attached hydrogen (secondary N) is 2. The van der Waals surface area contributed by atoms with E-state index in [9.17, 15) is 0 Å². The van der Waals surface area contributed by atoms with Crippen LogP contribution in [0.25, 0.3) is 0 Å². The van der Waals surface area contributed by atoms with Crippen LogP contribution in [0.15, 0.2) is 29.3 Å². The third-order valence-corrected chi connectivity index (χ3v) is 5.71. The molecule has 1 aromatic carbocycles. The molecule has 0 aromatic heterocycles. The summed E-state index contributed by atoms with van der Waals surface area (Å²) in [6, 6.07) is 9.39. The molecule has 158 valence electrons. The minimum atomic E-state index is 0.